The van der Waals surface area contributed by atoms with Crippen LogP contribution >= 0.6 is 33.2 Å². The monoisotopic (exact) mass is 364 g/mol. The van der Waals surface area contributed by atoms with Gasteiger partial charge >= 0.3 is 6.00 Å². The van der Waals surface area contributed by atoms with Gasteiger partial charge in [-0.25, -0.2) is 12.1 Å². The minimum atomic E-state index is -2.56. The van der Waals surface area contributed by atoms with Crippen molar-refractivity contribution in [3.8, 4) is 0 Å². The van der Waals surface area contributed by atoms with Crippen LogP contribution in [0.4, 0.5) is 0 Å². The van der Waals surface area contributed by atoms with Crippen molar-refractivity contribution in [3.05, 3.63) is 54.6 Å². The Morgan fingerprint density at radius 3 is 1.33 bits per heavy atom. The van der Waals surface area contributed by atoms with Gasteiger partial charge in [0.05, 0.1) is 0 Å². The molecule has 2 aromatic carbocycles. The van der Waals surface area contributed by atoms with E-state index in [0.717, 1.165) is 5.19 Å². The standard InChI is InChI=1S/C5H4Cl3Si.C5H5.Ru/c6-9(7,8)5-3-1-2-4-5;1-2-4-5-3-1;/h1-4H;1-5H;/q-1;-5;. The van der Waals surface area contributed by atoms with Gasteiger partial charge in [0.25, 0.3) is 0 Å². The van der Waals surface area contributed by atoms with E-state index in [2.05, 4.69) is 0 Å². The van der Waals surface area contributed by atoms with Gasteiger partial charge in [0.1, 0.15) is 0 Å². The van der Waals surface area contributed by atoms with Crippen LogP contribution in [0.2, 0.25) is 0 Å². The summed E-state index contributed by atoms with van der Waals surface area (Å²) >= 11 is 17.0. The van der Waals surface area contributed by atoms with Crippen molar-refractivity contribution in [1.29, 1.82) is 0 Å². The number of rotatable bonds is 1. The summed E-state index contributed by atoms with van der Waals surface area (Å²) in [5.41, 5.74) is 0. The van der Waals surface area contributed by atoms with E-state index in [1.807, 2.05) is 54.6 Å². The zero-order valence-corrected chi connectivity index (χ0v) is 12.7. The smallest absolute Gasteiger partial charge is 0.315 e. The van der Waals surface area contributed by atoms with Crippen LogP contribution in [0, 0.1) is 0 Å². The summed E-state index contributed by atoms with van der Waals surface area (Å²) in [5.74, 6) is 0. The SMILES string of the molecule is Cl[Si](Cl)(Cl)[c-]1cccc1.[Ru].[cH-]1[cH-][cH-][cH-][cH-]1. The summed E-state index contributed by atoms with van der Waals surface area (Å²) in [5, 5.41) is 0.854. The fourth-order valence-corrected chi connectivity index (χ4v) is 2.59. The van der Waals surface area contributed by atoms with E-state index in [0.29, 0.717) is 0 Å². The van der Waals surface area contributed by atoms with E-state index in [-0.39, 0.29) is 19.5 Å². The van der Waals surface area contributed by atoms with Gasteiger partial charge in [-0.05, 0) is 0 Å². The molecule has 0 saturated heterocycles. The minimum Gasteiger partial charge on any atom is -0.748 e. The van der Waals surface area contributed by atoms with Gasteiger partial charge in [0, 0.05) is 19.5 Å². The molecule has 0 fully saturated rings. The third-order valence-corrected chi connectivity index (χ3v) is 4.50. The fraction of sp³-hybridized carbons (Fsp3) is 0. The van der Waals surface area contributed by atoms with Gasteiger partial charge in [-0.3, -0.25) is 0 Å². The van der Waals surface area contributed by atoms with Crippen molar-refractivity contribution in [2.45, 2.75) is 0 Å². The van der Waals surface area contributed by atoms with Crippen LogP contribution in [0.5, 0.6) is 0 Å². The van der Waals surface area contributed by atoms with Crippen LogP contribution in [0.25, 0.3) is 0 Å². The van der Waals surface area contributed by atoms with Crippen LogP contribution in [-0.2, 0) is 19.5 Å². The normalized spacial score (nSPS) is 9.80. The van der Waals surface area contributed by atoms with E-state index in [1.54, 1.807) is 0 Å². The van der Waals surface area contributed by atoms with Crippen molar-refractivity contribution in [3.63, 3.8) is 0 Å². The summed E-state index contributed by atoms with van der Waals surface area (Å²) in [6.45, 7) is 0. The minimum absolute atomic E-state index is 0. The molecule has 0 radical (unpaired) electrons. The molecule has 15 heavy (non-hydrogen) atoms. The Morgan fingerprint density at radius 1 is 0.800 bits per heavy atom. The Morgan fingerprint density at radius 2 is 1.13 bits per heavy atom. The number of halogens is 3. The molecule has 0 aliphatic heterocycles. The van der Waals surface area contributed by atoms with Gasteiger partial charge in [0.2, 0.25) is 0 Å². The Kier molecular flexibility index (Phi) is 7.85. The summed E-state index contributed by atoms with van der Waals surface area (Å²) < 4.78 is 0. The third kappa shape index (κ3) is 6.55. The average molecular weight is 365 g/mol. The molecule has 0 amide bonds. The Bertz CT molecular complexity index is 307. The zero-order valence-electron chi connectivity index (χ0n) is 7.68. The van der Waals surface area contributed by atoms with Crippen LogP contribution in [-0.4, -0.2) is 6.00 Å². The summed E-state index contributed by atoms with van der Waals surface area (Å²) in [6.07, 6.45) is 0. The van der Waals surface area contributed by atoms with Crippen LogP contribution < -0.4 is 5.19 Å². The van der Waals surface area contributed by atoms with Gasteiger partial charge in [-0.15, -0.1) is 38.4 Å². The van der Waals surface area contributed by atoms with E-state index < -0.39 is 6.00 Å². The van der Waals surface area contributed by atoms with E-state index in [1.165, 1.54) is 0 Å². The second-order valence-corrected chi connectivity index (χ2v) is 11.1. The molecule has 0 N–H and O–H groups in total. The second kappa shape index (κ2) is 7.65. The molecule has 0 bridgehead atoms. The molecule has 2 rings (SSSR count). The maximum absolute atomic E-state index is 5.67. The second-order valence-electron chi connectivity index (χ2n) is 2.63. The summed E-state index contributed by atoms with van der Waals surface area (Å²) in [7, 11) is 0. The first-order chi connectivity index (χ1) is 6.61. The van der Waals surface area contributed by atoms with Gasteiger partial charge in [-0.2, -0.15) is 12.1 Å². The summed E-state index contributed by atoms with van der Waals surface area (Å²) in [6, 6.07) is 14.8. The molecule has 0 aliphatic rings. The Balaban J connectivity index is 0.000000280. The fourth-order valence-electron chi connectivity index (χ4n) is 0.884. The maximum atomic E-state index is 5.67. The van der Waals surface area contributed by atoms with E-state index in [4.69, 9.17) is 33.2 Å². The predicted octanol–water partition coefficient (Wildman–Crippen LogP) is 3.67. The molecule has 0 unspecified atom stereocenters. The molecule has 0 saturated carbocycles. The molecule has 0 aromatic heterocycles. The van der Waals surface area contributed by atoms with Crippen molar-refractivity contribution in [2.24, 2.45) is 0 Å². The molecular formula is C10H9Cl3RuSi-6. The Hall–Kier alpha value is 0.410. The van der Waals surface area contributed by atoms with Gasteiger partial charge < -0.3 is 30.3 Å². The first-order valence-electron chi connectivity index (χ1n) is 4.06. The summed E-state index contributed by atoms with van der Waals surface area (Å²) in [4.78, 5) is 0. The maximum Gasteiger partial charge on any atom is 0.315 e. The third-order valence-electron chi connectivity index (χ3n) is 1.55. The molecule has 0 atom stereocenters. The van der Waals surface area contributed by atoms with Crippen molar-refractivity contribution in [1.82, 2.24) is 0 Å². The van der Waals surface area contributed by atoms with Gasteiger partial charge in [0.15, 0.2) is 0 Å². The van der Waals surface area contributed by atoms with Crippen molar-refractivity contribution >= 4 is 44.4 Å². The molecule has 2 aromatic rings. The predicted molar refractivity (Wildman–Crippen MR) is 67.0 cm³/mol. The molecule has 0 spiro atoms. The first kappa shape index (κ1) is 15.4. The van der Waals surface area contributed by atoms with E-state index >= 15 is 0 Å². The quantitative estimate of drug-likeness (QED) is 0.411. The molecule has 0 nitrogen and oxygen atoms in total. The van der Waals surface area contributed by atoms with E-state index in [9.17, 15) is 0 Å². The molecule has 88 valence electrons. The molecule has 0 heterocycles. The van der Waals surface area contributed by atoms with Gasteiger partial charge in [-0.1, -0.05) is 0 Å². The molecule has 5 heteroatoms. The zero-order chi connectivity index (χ0) is 10.4. The first-order valence-corrected chi connectivity index (χ1v) is 9.10. The topological polar surface area (TPSA) is 0 Å². The average Bonchev–Trinajstić information content (AvgIpc) is 2.80. The van der Waals surface area contributed by atoms with Crippen LogP contribution in [0.3, 0.4) is 0 Å². The van der Waals surface area contributed by atoms with Crippen LogP contribution in [0.1, 0.15) is 0 Å². The molecule has 0 aliphatic carbocycles. The number of hydrogen-bond donors (Lipinski definition) is 0. The van der Waals surface area contributed by atoms with Crippen LogP contribution in [0.15, 0.2) is 54.6 Å². The number of hydrogen-bond acceptors (Lipinski definition) is 0. The Labute approximate surface area is 118 Å². The molecular weight excluding hydrogens is 356 g/mol. The largest absolute Gasteiger partial charge is 0.748 e. The van der Waals surface area contributed by atoms with Crippen molar-refractivity contribution in [2.75, 3.05) is 0 Å². The van der Waals surface area contributed by atoms with Crippen molar-refractivity contribution < 1.29 is 19.5 Å².